The van der Waals surface area contributed by atoms with Crippen molar-refractivity contribution in [1.82, 2.24) is 4.31 Å². The van der Waals surface area contributed by atoms with E-state index in [9.17, 15) is 18.5 Å². The van der Waals surface area contributed by atoms with Crippen molar-refractivity contribution in [3.63, 3.8) is 0 Å². The molecule has 3 atom stereocenters. The number of nitriles is 1. The van der Waals surface area contributed by atoms with E-state index in [4.69, 9.17) is 23.2 Å². The molecule has 1 heterocycles. The molecule has 1 aliphatic carbocycles. The molecule has 0 saturated carbocycles. The molecule has 0 amide bonds. The zero-order valence-electron chi connectivity index (χ0n) is 21.0. The topological polar surface area (TPSA) is 78.2 Å². The summed E-state index contributed by atoms with van der Waals surface area (Å²) in [5.74, 6) is -2.70. The zero-order chi connectivity index (χ0) is 28.0. The van der Waals surface area contributed by atoms with Crippen LogP contribution in [0.15, 0.2) is 59.5 Å². The summed E-state index contributed by atoms with van der Waals surface area (Å²) in [6, 6.07) is 8.76. The number of ketones is 1. The zero-order valence-corrected chi connectivity index (χ0v) is 23.3. The maximum atomic E-state index is 15.7. The first-order valence-corrected chi connectivity index (χ1v) is 14.2. The quantitative estimate of drug-likeness (QED) is 0.387. The van der Waals surface area contributed by atoms with Crippen LogP contribution in [0, 0.1) is 34.3 Å². The van der Waals surface area contributed by atoms with Gasteiger partial charge in [-0.2, -0.15) is 9.57 Å². The molecule has 0 bridgehead atoms. The van der Waals surface area contributed by atoms with Crippen LogP contribution in [0.1, 0.15) is 50.8 Å². The van der Waals surface area contributed by atoms with E-state index in [0.29, 0.717) is 6.42 Å². The van der Waals surface area contributed by atoms with Crippen LogP contribution in [0.25, 0.3) is 0 Å². The molecule has 200 valence electrons. The number of hydrogen-bond donors (Lipinski definition) is 0. The van der Waals surface area contributed by atoms with Crippen molar-refractivity contribution in [1.29, 1.82) is 5.26 Å². The molecule has 0 N–H and O–H groups in total. The fourth-order valence-corrected chi connectivity index (χ4v) is 7.57. The lowest BCUT2D eigenvalue weighted by Gasteiger charge is -2.38. The van der Waals surface area contributed by atoms with Crippen LogP contribution in [0.2, 0.25) is 10.0 Å². The van der Waals surface area contributed by atoms with Gasteiger partial charge in [0, 0.05) is 29.1 Å². The fraction of sp³-hybridized carbons (Fsp3) is 0.357. The number of hydrogen-bond acceptors (Lipinski definition) is 4. The second kappa shape index (κ2) is 10.2. The maximum Gasteiger partial charge on any atom is 0.243 e. The average Bonchev–Trinajstić information content (AvgIpc) is 3.15. The van der Waals surface area contributed by atoms with Crippen molar-refractivity contribution < 1.29 is 22.0 Å². The van der Waals surface area contributed by atoms with Gasteiger partial charge in [-0.05, 0) is 48.1 Å². The summed E-state index contributed by atoms with van der Waals surface area (Å²) < 4.78 is 60.5. The predicted octanol–water partition coefficient (Wildman–Crippen LogP) is 6.88. The highest BCUT2D eigenvalue weighted by atomic mass is 35.5. The summed E-state index contributed by atoms with van der Waals surface area (Å²) in [5, 5.41) is 10.7. The number of nitrogens with zero attached hydrogens (tertiary/aromatic N) is 2. The number of rotatable bonds is 5. The van der Waals surface area contributed by atoms with Crippen LogP contribution in [0.3, 0.4) is 0 Å². The SMILES string of the molecule is CC(C)(C)C[C@@H]1CN(S(=O)(=O)C2=CCC(=O)C=C2)[C@H](c2cccc(Cl)c2F)[C@@]1(C#N)c1ccc(Cl)cc1F. The van der Waals surface area contributed by atoms with Crippen molar-refractivity contribution >= 4 is 39.0 Å². The van der Waals surface area contributed by atoms with E-state index in [0.717, 1.165) is 10.4 Å². The highest BCUT2D eigenvalue weighted by Crippen LogP contribution is 2.57. The first-order chi connectivity index (χ1) is 17.7. The number of carbonyl (C=O) groups excluding carboxylic acids is 1. The molecular formula is C28H26Cl2F2N2O3S. The van der Waals surface area contributed by atoms with Crippen LogP contribution in [0.5, 0.6) is 0 Å². The molecule has 38 heavy (non-hydrogen) atoms. The summed E-state index contributed by atoms with van der Waals surface area (Å²) in [4.78, 5) is 11.6. The van der Waals surface area contributed by atoms with Crippen molar-refractivity contribution in [2.24, 2.45) is 11.3 Å². The molecule has 1 aliphatic heterocycles. The third-order valence-electron chi connectivity index (χ3n) is 7.00. The van der Waals surface area contributed by atoms with Crippen molar-refractivity contribution in [3.05, 3.63) is 92.3 Å². The first-order valence-electron chi connectivity index (χ1n) is 12.0. The van der Waals surface area contributed by atoms with Crippen LogP contribution >= 0.6 is 23.2 Å². The molecule has 0 spiro atoms. The lowest BCUT2D eigenvalue weighted by molar-refractivity contribution is -0.113. The standard InChI is InChI=1S/C28H26Cl2F2N2O3S/c1-27(2,3)14-17-15-34(38(36,37)20-10-8-19(35)9-11-20)26(21-5-4-6-23(30)25(21)32)28(17,16-33)22-12-7-18(29)13-24(22)31/h4-8,10-13,17,26H,9,14-15H2,1-3H3/t17-,26-,28-/m1/s1. The van der Waals surface area contributed by atoms with Gasteiger partial charge in [0.25, 0.3) is 0 Å². The number of sulfonamides is 1. The van der Waals surface area contributed by atoms with Gasteiger partial charge in [-0.3, -0.25) is 4.79 Å². The van der Waals surface area contributed by atoms with Crippen molar-refractivity contribution in [2.75, 3.05) is 6.54 Å². The normalized spacial score (nSPS) is 24.4. The highest BCUT2D eigenvalue weighted by molar-refractivity contribution is 7.93. The largest absolute Gasteiger partial charge is 0.295 e. The van der Waals surface area contributed by atoms with Gasteiger partial charge in [-0.25, -0.2) is 17.2 Å². The monoisotopic (exact) mass is 578 g/mol. The van der Waals surface area contributed by atoms with Gasteiger partial charge in [0.1, 0.15) is 17.0 Å². The Hall–Kier alpha value is -2.57. The Bertz CT molecular complexity index is 1510. The van der Waals surface area contributed by atoms with Gasteiger partial charge in [0.15, 0.2) is 5.78 Å². The fourth-order valence-electron chi connectivity index (χ4n) is 5.49. The minimum atomic E-state index is -4.36. The summed E-state index contributed by atoms with van der Waals surface area (Å²) in [5.41, 5.74) is -2.47. The Kier molecular flexibility index (Phi) is 7.63. The highest BCUT2D eigenvalue weighted by Gasteiger charge is 2.61. The van der Waals surface area contributed by atoms with Crippen LogP contribution in [-0.2, 0) is 20.2 Å². The van der Waals surface area contributed by atoms with Gasteiger partial charge in [0.2, 0.25) is 10.0 Å². The lowest BCUT2D eigenvalue weighted by Crippen LogP contribution is -2.41. The van der Waals surface area contributed by atoms with E-state index < -0.39 is 44.4 Å². The van der Waals surface area contributed by atoms with Crippen LogP contribution in [0.4, 0.5) is 8.78 Å². The maximum absolute atomic E-state index is 15.7. The second-order valence-electron chi connectivity index (χ2n) is 10.8. The predicted molar refractivity (Wildman–Crippen MR) is 143 cm³/mol. The number of carbonyl (C=O) groups is 1. The summed E-state index contributed by atoms with van der Waals surface area (Å²) in [6.45, 7) is 5.59. The van der Waals surface area contributed by atoms with E-state index >= 15 is 8.78 Å². The van der Waals surface area contributed by atoms with E-state index in [1.54, 1.807) is 0 Å². The third kappa shape index (κ3) is 4.93. The Labute approximate surface area is 231 Å². The molecule has 5 nitrogen and oxygen atoms in total. The Morgan fingerprint density at radius 2 is 1.87 bits per heavy atom. The number of benzene rings is 2. The molecular weight excluding hydrogens is 553 g/mol. The Morgan fingerprint density at radius 3 is 2.45 bits per heavy atom. The third-order valence-corrected chi connectivity index (χ3v) is 9.41. The summed E-state index contributed by atoms with van der Waals surface area (Å²) in [7, 11) is -4.36. The molecule has 4 rings (SSSR count). The van der Waals surface area contributed by atoms with Crippen molar-refractivity contribution in [3.8, 4) is 6.07 Å². The number of halogens is 4. The van der Waals surface area contributed by atoms with Gasteiger partial charge in [-0.1, -0.05) is 68.2 Å². The molecule has 2 aliphatic rings. The Balaban J connectivity index is 2.07. The van der Waals surface area contributed by atoms with Gasteiger partial charge in [-0.15, -0.1) is 0 Å². The molecule has 0 radical (unpaired) electrons. The Morgan fingerprint density at radius 1 is 1.16 bits per heavy atom. The van der Waals surface area contributed by atoms with Crippen molar-refractivity contribution in [2.45, 2.75) is 45.1 Å². The van der Waals surface area contributed by atoms with E-state index in [1.807, 2.05) is 20.8 Å². The van der Waals surface area contributed by atoms with E-state index in [1.165, 1.54) is 48.6 Å². The molecule has 10 heteroatoms. The number of allylic oxidation sites excluding steroid dienone is 3. The average molecular weight is 579 g/mol. The summed E-state index contributed by atoms with van der Waals surface area (Å²) >= 11 is 12.1. The van der Waals surface area contributed by atoms with E-state index in [-0.39, 0.29) is 44.8 Å². The van der Waals surface area contributed by atoms with Gasteiger partial charge < -0.3 is 0 Å². The van der Waals surface area contributed by atoms with Gasteiger partial charge >= 0.3 is 0 Å². The minimum Gasteiger partial charge on any atom is -0.295 e. The molecule has 0 unspecified atom stereocenters. The lowest BCUT2D eigenvalue weighted by atomic mass is 9.63. The second-order valence-corrected chi connectivity index (χ2v) is 13.5. The van der Waals surface area contributed by atoms with E-state index in [2.05, 4.69) is 6.07 Å². The first kappa shape index (κ1) is 28.4. The summed E-state index contributed by atoms with van der Waals surface area (Å²) in [6.07, 6.45) is 3.86. The smallest absolute Gasteiger partial charge is 0.243 e. The minimum absolute atomic E-state index is 0.0796. The molecule has 1 saturated heterocycles. The van der Waals surface area contributed by atoms with Crippen LogP contribution in [-0.4, -0.2) is 25.1 Å². The van der Waals surface area contributed by atoms with Crippen LogP contribution < -0.4 is 0 Å². The molecule has 2 aromatic carbocycles. The molecule has 0 aromatic heterocycles. The molecule has 1 fully saturated rings. The molecule has 2 aromatic rings. The van der Waals surface area contributed by atoms with Gasteiger partial charge in [0.05, 0.1) is 22.0 Å².